The van der Waals surface area contributed by atoms with Crippen LogP contribution in [0.1, 0.15) is 11.3 Å². The first kappa shape index (κ1) is 16.8. The lowest BCUT2D eigenvalue weighted by Gasteiger charge is -2.02. The summed E-state index contributed by atoms with van der Waals surface area (Å²) in [4.78, 5) is 4.39. The Kier molecular flexibility index (Phi) is 5.07. The van der Waals surface area contributed by atoms with Gasteiger partial charge in [-0.1, -0.05) is 33.6 Å². The molecule has 24 heavy (non-hydrogen) atoms. The lowest BCUT2D eigenvalue weighted by Crippen LogP contribution is -1.83. The molecule has 0 aliphatic carbocycles. The highest BCUT2D eigenvalue weighted by molar-refractivity contribution is 9.10. The Hall–Kier alpha value is -2.04. The van der Waals surface area contributed by atoms with Crippen LogP contribution in [0.25, 0.3) is 11.3 Å². The smallest absolute Gasteiger partial charge is 0.145 e. The van der Waals surface area contributed by atoms with Gasteiger partial charge in [0.25, 0.3) is 0 Å². The highest BCUT2D eigenvalue weighted by Crippen LogP contribution is 2.31. The van der Waals surface area contributed by atoms with Crippen LogP contribution in [-0.4, -0.2) is 13.3 Å². The molecule has 0 fully saturated rings. The molecule has 2 aromatic carbocycles. The van der Waals surface area contributed by atoms with Crippen LogP contribution in [0.15, 0.2) is 62.4 Å². The van der Waals surface area contributed by atoms with Crippen molar-refractivity contribution < 1.29 is 9.15 Å². The average Bonchev–Trinajstić information content (AvgIpc) is 3.01. The molecule has 0 amide bonds. The summed E-state index contributed by atoms with van der Waals surface area (Å²) in [6.07, 6.45) is 1.67. The van der Waals surface area contributed by atoms with Gasteiger partial charge in [-0.15, -0.1) is 0 Å². The normalized spacial score (nSPS) is 11.2. The fourth-order valence-electron chi connectivity index (χ4n) is 2.26. The minimum atomic E-state index is 0.524. The lowest BCUT2D eigenvalue weighted by molar-refractivity contribution is 0.415. The first-order valence-electron chi connectivity index (χ1n) is 7.31. The van der Waals surface area contributed by atoms with Crippen molar-refractivity contribution in [3.63, 3.8) is 0 Å². The Morgan fingerprint density at radius 1 is 1.12 bits per heavy atom. The maximum atomic E-state index is 6.10. The Labute approximate surface area is 154 Å². The fourth-order valence-corrected chi connectivity index (χ4v) is 3.20. The van der Waals surface area contributed by atoms with Crippen molar-refractivity contribution in [2.45, 2.75) is 6.92 Å². The number of hydrogen-bond donors (Lipinski definition) is 0. The third-order valence-corrected chi connectivity index (χ3v) is 4.44. The molecule has 1 aromatic heterocycles. The number of ether oxygens (including phenoxy) is 1. The van der Waals surface area contributed by atoms with Crippen molar-refractivity contribution >= 4 is 39.4 Å². The minimum absolute atomic E-state index is 0.524. The van der Waals surface area contributed by atoms with E-state index in [1.54, 1.807) is 25.5 Å². The highest BCUT2D eigenvalue weighted by Gasteiger charge is 2.08. The third kappa shape index (κ3) is 3.71. The predicted molar refractivity (Wildman–Crippen MR) is 102 cm³/mol. The van der Waals surface area contributed by atoms with Gasteiger partial charge in [0, 0.05) is 10.0 Å². The SMILES string of the molecule is COc1ccc(N=Cc2ccc(-c3ccc(C)cc3Br)o2)cc1Cl. The molecule has 0 spiro atoms. The molecule has 3 rings (SSSR count). The molecular weight excluding hydrogens is 390 g/mol. The molecule has 0 N–H and O–H groups in total. The molecule has 122 valence electrons. The van der Waals surface area contributed by atoms with Gasteiger partial charge in [-0.2, -0.15) is 0 Å². The molecule has 0 atom stereocenters. The summed E-state index contributed by atoms with van der Waals surface area (Å²) < 4.78 is 12.0. The Morgan fingerprint density at radius 2 is 1.96 bits per heavy atom. The van der Waals surface area contributed by atoms with Crippen LogP contribution >= 0.6 is 27.5 Å². The number of benzene rings is 2. The van der Waals surface area contributed by atoms with Crippen LogP contribution in [0, 0.1) is 6.92 Å². The van der Waals surface area contributed by atoms with Crippen LogP contribution in [0.5, 0.6) is 5.75 Å². The van der Waals surface area contributed by atoms with Crippen molar-refractivity contribution in [1.29, 1.82) is 0 Å². The summed E-state index contributed by atoms with van der Waals surface area (Å²) in [5, 5.41) is 0.524. The summed E-state index contributed by atoms with van der Waals surface area (Å²) >= 11 is 9.67. The average molecular weight is 405 g/mol. The maximum absolute atomic E-state index is 6.10. The van der Waals surface area contributed by atoms with E-state index in [2.05, 4.69) is 40.0 Å². The second-order valence-electron chi connectivity index (χ2n) is 5.26. The zero-order valence-corrected chi connectivity index (χ0v) is 15.6. The van der Waals surface area contributed by atoms with E-state index in [9.17, 15) is 0 Å². The second kappa shape index (κ2) is 7.24. The monoisotopic (exact) mass is 403 g/mol. The molecule has 3 nitrogen and oxygen atoms in total. The molecule has 0 saturated heterocycles. The molecule has 3 aromatic rings. The van der Waals surface area contributed by atoms with Gasteiger partial charge >= 0.3 is 0 Å². The fraction of sp³-hybridized carbons (Fsp3) is 0.105. The number of furan rings is 1. The Bertz CT molecular complexity index is 902. The van der Waals surface area contributed by atoms with Gasteiger partial charge in [0.2, 0.25) is 0 Å². The Balaban J connectivity index is 1.82. The van der Waals surface area contributed by atoms with Crippen molar-refractivity contribution in [2.75, 3.05) is 7.11 Å². The van der Waals surface area contributed by atoms with Crippen LogP contribution < -0.4 is 4.74 Å². The molecule has 0 aliphatic rings. The summed E-state index contributed by atoms with van der Waals surface area (Å²) in [5.74, 6) is 2.08. The number of nitrogens with zero attached hydrogens (tertiary/aromatic N) is 1. The molecular formula is C19H15BrClNO2. The van der Waals surface area contributed by atoms with Crippen molar-refractivity contribution in [1.82, 2.24) is 0 Å². The number of rotatable bonds is 4. The first-order chi connectivity index (χ1) is 11.6. The van der Waals surface area contributed by atoms with E-state index < -0.39 is 0 Å². The topological polar surface area (TPSA) is 34.7 Å². The summed E-state index contributed by atoms with van der Waals surface area (Å²) in [5.41, 5.74) is 2.93. The van der Waals surface area contributed by atoms with Crippen LogP contribution in [0.3, 0.4) is 0 Å². The maximum Gasteiger partial charge on any atom is 0.145 e. The van der Waals surface area contributed by atoms with Crippen LogP contribution in [0.4, 0.5) is 5.69 Å². The van der Waals surface area contributed by atoms with E-state index >= 15 is 0 Å². The highest BCUT2D eigenvalue weighted by atomic mass is 79.9. The van der Waals surface area contributed by atoms with E-state index in [1.165, 1.54) is 5.56 Å². The zero-order chi connectivity index (χ0) is 17.1. The van der Waals surface area contributed by atoms with Gasteiger partial charge < -0.3 is 9.15 Å². The molecule has 0 bridgehead atoms. The summed E-state index contributed by atoms with van der Waals surface area (Å²) in [6.45, 7) is 2.05. The van der Waals surface area contributed by atoms with Gasteiger partial charge in [-0.3, -0.25) is 4.99 Å². The largest absolute Gasteiger partial charge is 0.495 e. The van der Waals surface area contributed by atoms with E-state index in [0.29, 0.717) is 16.5 Å². The molecule has 1 heterocycles. The van der Waals surface area contributed by atoms with Crippen molar-refractivity contribution in [3.05, 3.63) is 69.3 Å². The van der Waals surface area contributed by atoms with Gasteiger partial charge in [-0.05, 0) is 55.0 Å². The molecule has 0 aliphatic heterocycles. The van der Waals surface area contributed by atoms with Crippen LogP contribution in [0.2, 0.25) is 5.02 Å². The minimum Gasteiger partial charge on any atom is -0.495 e. The van der Waals surface area contributed by atoms with Gasteiger partial charge in [-0.25, -0.2) is 0 Å². The quantitative estimate of drug-likeness (QED) is 0.470. The second-order valence-corrected chi connectivity index (χ2v) is 6.52. The van der Waals surface area contributed by atoms with Gasteiger partial charge in [0.05, 0.1) is 24.0 Å². The Morgan fingerprint density at radius 3 is 2.67 bits per heavy atom. The van der Waals surface area contributed by atoms with Crippen molar-refractivity contribution in [3.8, 4) is 17.1 Å². The van der Waals surface area contributed by atoms with E-state index in [0.717, 1.165) is 21.5 Å². The summed E-state index contributed by atoms with van der Waals surface area (Å²) in [7, 11) is 1.58. The number of hydrogen-bond acceptors (Lipinski definition) is 3. The zero-order valence-electron chi connectivity index (χ0n) is 13.2. The van der Waals surface area contributed by atoms with Gasteiger partial charge in [0.1, 0.15) is 17.3 Å². The molecule has 0 radical (unpaired) electrons. The molecule has 0 unspecified atom stereocenters. The van der Waals surface area contributed by atoms with Gasteiger partial charge in [0.15, 0.2) is 0 Å². The molecule has 0 saturated carbocycles. The van der Waals surface area contributed by atoms with E-state index in [-0.39, 0.29) is 0 Å². The van der Waals surface area contributed by atoms with Crippen molar-refractivity contribution in [2.24, 2.45) is 4.99 Å². The molecule has 5 heteroatoms. The first-order valence-corrected chi connectivity index (χ1v) is 8.48. The number of methoxy groups -OCH3 is 1. The standard InChI is InChI=1S/C19H15BrClNO2/c1-12-3-6-15(16(20)9-12)18-8-5-14(24-18)11-22-13-4-7-19(23-2)17(21)10-13/h3-11H,1-2H3. The predicted octanol–water partition coefficient (Wildman–Crippen LogP) is 6.43. The lowest BCUT2D eigenvalue weighted by atomic mass is 10.1. The van der Waals surface area contributed by atoms with E-state index in [4.69, 9.17) is 20.8 Å². The third-order valence-electron chi connectivity index (χ3n) is 3.49. The summed E-state index contributed by atoms with van der Waals surface area (Å²) in [6, 6.07) is 15.3. The van der Waals surface area contributed by atoms with E-state index in [1.807, 2.05) is 24.3 Å². The van der Waals surface area contributed by atoms with Crippen LogP contribution in [-0.2, 0) is 0 Å². The number of aryl methyl sites for hydroxylation is 1. The number of aliphatic imine (C=N–C) groups is 1. The number of halogens is 2.